The van der Waals surface area contributed by atoms with E-state index in [1.165, 1.54) is 0 Å². The average Bonchev–Trinajstić information content (AvgIpc) is 2.51. The van der Waals surface area contributed by atoms with Crippen LogP contribution in [-0.4, -0.2) is 14.5 Å². The highest BCUT2D eigenvalue weighted by atomic mass is 32.1. The first kappa shape index (κ1) is 10.1. The fraction of sp³-hybridized carbons (Fsp3) is 0.273. The Labute approximate surface area is 93.9 Å². The third kappa shape index (κ3) is 1.61. The largest absolute Gasteiger partial charge is 0.389 e. The molecule has 0 radical (unpaired) electrons. The molecule has 0 saturated heterocycles. The lowest BCUT2D eigenvalue weighted by atomic mass is 10.2. The fourth-order valence-electron chi connectivity index (χ4n) is 1.80. The van der Waals surface area contributed by atoms with E-state index in [4.69, 9.17) is 18.0 Å². The number of hydrogen-bond acceptors (Lipinski definition) is 2. The summed E-state index contributed by atoms with van der Waals surface area (Å²) in [5, 5.41) is 0. The monoisotopic (exact) mass is 219 g/mol. The van der Waals surface area contributed by atoms with Crippen molar-refractivity contribution in [1.82, 2.24) is 9.55 Å². The van der Waals surface area contributed by atoms with Crippen molar-refractivity contribution in [3.05, 3.63) is 29.6 Å². The second-order valence-electron chi connectivity index (χ2n) is 3.47. The van der Waals surface area contributed by atoms with Crippen LogP contribution >= 0.6 is 12.2 Å². The second kappa shape index (κ2) is 3.62. The maximum atomic E-state index is 5.58. The van der Waals surface area contributed by atoms with Gasteiger partial charge in [-0.05, 0) is 32.0 Å². The van der Waals surface area contributed by atoms with E-state index in [0.29, 0.717) is 4.99 Å². The summed E-state index contributed by atoms with van der Waals surface area (Å²) in [6, 6.07) is 5.90. The van der Waals surface area contributed by atoms with Crippen molar-refractivity contribution in [1.29, 1.82) is 0 Å². The van der Waals surface area contributed by atoms with Crippen LogP contribution in [0.1, 0.15) is 18.3 Å². The predicted molar refractivity (Wildman–Crippen MR) is 66.0 cm³/mol. The Balaban J connectivity index is 2.69. The van der Waals surface area contributed by atoms with E-state index in [1.54, 1.807) is 0 Å². The number of thiocarbonyl (C=S) groups is 1. The molecule has 0 aliphatic carbocycles. The molecule has 0 fully saturated rings. The molecule has 4 heteroatoms. The molecule has 0 unspecified atom stereocenters. The maximum absolute atomic E-state index is 5.58. The SMILES string of the molecule is CCn1c(C)nc2cc(C(N)=S)ccc21. The van der Waals surface area contributed by atoms with Gasteiger partial charge in [-0.2, -0.15) is 0 Å². The molecule has 0 atom stereocenters. The van der Waals surface area contributed by atoms with Gasteiger partial charge in [-0.15, -0.1) is 0 Å². The second-order valence-corrected chi connectivity index (χ2v) is 3.91. The third-order valence-electron chi connectivity index (χ3n) is 2.54. The van der Waals surface area contributed by atoms with Gasteiger partial charge in [0.05, 0.1) is 11.0 Å². The average molecular weight is 219 g/mol. The lowest BCUT2D eigenvalue weighted by Gasteiger charge is -2.02. The first-order chi connectivity index (χ1) is 7.13. The molecule has 0 aliphatic rings. The molecule has 1 aromatic carbocycles. The molecule has 0 bridgehead atoms. The molecule has 0 aliphatic heterocycles. The number of aromatic nitrogens is 2. The summed E-state index contributed by atoms with van der Waals surface area (Å²) in [5.41, 5.74) is 8.54. The van der Waals surface area contributed by atoms with Crippen molar-refractivity contribution >= 4 is 28.2 Å². The van der Waals surface area contributed by atoms with E-state index in [1.807, 2.05) is 25.1 Å². The molecule has 1 aromatic heterocycles. The number of nitrogens with two attached hydrogens (primary N) is 1. The lowest BCUT2D eigenvalue weighted by Crippen LogP contribution is -2.08. The summed E-state index contributed by atoms with van der Waals surface area (Å²) >= 11 is 4.94. The van der Waals surface area contributed by atoms with Crippen LogP contribution in [0.3, 0.4) is 0 Å². The van der Waals surface area contributed by atoms with Crippen molar-refractivity contribution in [2.45, 2.75) is 20.4 Å². The van der Waals surface area contributed by atoms with E-state index in [0.717, 1.165) is 29.0 Å². The van der Waals surface area contributed by atoms with E-state index in [2.05, 4.69) is 16.5 Å². The highest BCUT2D eigenvalue weighted by Crippen LogP contribution is 2.17. The summed E-state index contributed by atoms with van der Waals surface area (Å²) in [7, 11) is 0. The van der Waals surface area contributed by atoms with E-state index in [-0.39, 0.29) is 0 Å². The number of aryl methyl sites for hydroxylation is 2. The number of nitrogens with zero attached hydrogens (tertiary/aromatic N) is 2. The normalized spacial score (nSPS) is 10.8. The van der Waals surface area contributed by atoms with Gasteiger partial charge in [0.15, 0.2) is 0 Å². The van der Waals surface area contributed by atoms with Crippen LogP contribution in [0.2, 0.25) is 0 Å². The van der Waals surface area contributed by atoms with Crippen LogP contribution in [-0.2, 0) is 6.54 Å². The zero-order valence-corrected chi connectivity index (χ0v) is 9.64. The van der Waals surface area contributed by atoms with Gasteiger partial charge in [0.25, 0.3) is 0 Å². The van der Waals surface area contributed by atoms with E-state index < -0.39 is 0 Å². The van der Waals surface area contributed by atoms with Gasteiger partial charge >= 0.3 is 0 Å². The van der Waals surface area contributed by atoms with Crippen molar-refractivity contribution in [2.24, 2.45) is 5.73 Å². The van der Waals surface area contributed by atoms with Gasteiger partial charge in [0, 0.05) is 12.1 Å². The highest BCUT2D eigenvalue weighted by molar-refractivity contribution is 7.80. The standard InChI is InChI=1S/C11H13N3S/c1-3-14-7(2)13-9-6-8(11(12)15)4-5-10(9)14/h4-6H,3H2,1-2H3,(H2,12,15). The Hall–Kier alpha value is -1.42. The molecule has 2 aromatic rings. The van der Waals surface area contributed by atoms with Crippen molar-refractivity contribution in [2.75, 3.05) is 0 Å². The van der Waals surface area contributed by atoms with Crippen LogP contribution < -0.4 is 5.73 Å². The minimum Gasteiger partial charge on any atom is -0.389 e. The van der Waals surface area contributed by atoms with Crippen molar-refractivity contribution < 1.29 is 0 Å². The number of fused-ring (bicyclic) bond motifs is 1. The molecule has 2 rings (SSSR count). The summed E-state index contributed by atoms with van der Waals surface area (Å²) in [4.78, 5) is 4.89. The van der Waals surface area contributed by atoms with Gasteiger partial charge in [0.1, 0.15) is 10.8 Å². The predicted octanol–water partition coefficient (Wildman–Crippen LogP) is 2.00. The summed E-state index contributed by atoms with van der Waals surface area (Å²) in [5.74, 6) is 1.02. The number of imidazole rings is 1. The van der Waals surface area contributed by atoms with Crippen LogP contribution in [0, 0.1) is 6.92 Å². The fourth-order valence-corrected chi connectivity index (χ4v) is 1.93. The summed E-state index contributed by atoms with van der Waals surface area (Å²) in [6.07, 6.45) is 0. The van der Waals surface area contributed by atoms with Crippen LogP contribution in [0.5, 0.6) is 0 Å². The third-order valence-corrected chi connectivity index (χ3v) is 2.78. The molecule has 0 spiro atoms. The summed E-state index contributed by atoms with van der Waals surface area (Å²) < 4.78 is 2.17. The van der Waals surface area contributed by atoms with Gasteiger partial charge in [-0.3, -0.25) is 0 Å². The lowest BCUT2D eigenvalue weighted by molar-refractivity contribution is 0.753. The maximum Gasteiger partial charge on any atom is 0.106 e. The van der Waals surface area contributed by atoms with Gasteiger partial charge < -0.3 is 10.3 Å². The quantitative estimate of drug-likeness (QED) is 0.786. The molecule has 1 heterocycles. The first-order valence-corrected chi connectivity index (χ1v) is 5.31. The number of benzene rings is 1. The number of hydrogen-bond donors (Lipinski definition) is 1. The molecule has 0 amide bonds. The Morgan fingerprint density at radius 1 is 1.53 bits per heavy atom. The van der Waals surface area contributed by atoms with Gasteiger partial charge in [-0.25, -0.2) is 4.98 Å². The summed E-state index contributed by atoms with van der Waals surface area (Å²) in [6.45, 7) is 5.04. The molecule has 3 nitrogen and oxygen atoms in total. The molecule has 15 heavy (non-hydrogen) atoms. The molecule has 2 N–H and O–H groups in total. The molecular weight excluding hydrogens is 206 g/mol. The van der Waals surface area contributed by atoms with Crippen LogP contribution in [0.25, 0.3) is 11.0 Å². The zero-order chi connectivity index (χ0) is 11.0. The topological polar surface area (TPSA) is 43.8 Å². The Morgan fingerprint density at radius 2 is 2.27 bits per heavy atom. The van der Waals surface area contributed by atoms with Crippen molar-refractivity contribution in [3.8, 4) is 0 Å². The molecule has 78 valence electrons. The molecule has 0 saturated carbocycles. The Bertz CT molecular complexity index is 528. The smallest absolute Gasteiger partial charge is 0.106 e. The Kier molecular flexibility index (Phi) is 2.44. The van der Waals surface area contributed by atoms with Crippen LogP contribution in [0.4, 0.5) is 0 Å². The number of rotatable bonds is 2. The highest BCUT2D eigenvalue weighted by Gasteiger charge is 2.06. The van der Waals surface area contributed by atoms with E-state index >= 15 is 0 Å². The minimum absolute atomic E-state index is 0.417. The van der Waals surface area contributed by atoms with Crippen molar-refractivity contribution in [3.63, 3.8) is 0 Å². The first-order valence-electron chi connectivity index (χ1n) is 4.90. The van der Waals surface area contributed by atoms with Gasteiger partial charge in [-0.1, -0.05) is 12.2 Å². The molecular formula is C11H13N3S. The van der Waals surface area contributed by atoms with Gasteiger partial charge in [0.2, 0.25) is 0 Å². The Morgan fingerprint density at radius 3 is 2.87 bits per heavy atom. The van der Waals surface area contributed by atoms with Crippen LogP contribution in [0.15, 0.2) is 18.2 Å². The van der Waals surface area contributed by atoms with E-state index in [9.17, 15) is 0 Å². The minimum atomic E-state index is 0.417. The zero-order valence-electron chi connectivity index (χ0n) is 8.82.